The van der Waals surface area contributed by atoms with Gasteiger partial charge in [-0.15, -0.1) is 0 Å². The van der Waals surface area contributed by atoms with E-state index in [2.05, 4.69) is 46.4 Å². The zero-order valence-electron chi connectivity index (χ0n) is 24.3. The molecule has 5 rings (SSSR count). The third kappa shape index (κ3) is 7.09. The number of carbonyl (C=O) groups is 2. The fourth-order valence-corrected chi connectivity index (χ4v) is 5.01. The number of fused-ring (bicyclic) bond motifs is 1. The number of methoxy groups -OCH3 is 1. The molecule has 5 aromatic rings. The first kappa shape index (κ1) is 29.5. The van der Waals surface area contributed by atoms with Gasteiger partial charge >= 0.3 is 12.1 Å². The number of urea groups is 1. The molecule has 0 aliphatic carbocycles. The lowest BCUT2D eigenvalue weighted by Crippen LogP contribution is -2.29. The summed E-state index contributed by atoms with van der Waals surface area (Å²) in [5.74, 6) is 0.891. The van der Waals surface area contributed by atoms with E-state index < -0.39 is 17.9 Å². The summed E-state index contributed by atoms with van der Waals surface area (Å²) in [5.41, 5.74) is 3.60. The summed E-state index contributed by atoms with van der Waals surface area (Å²) in [6.07, 6.45) is -0.614. The van der Waals surface area contributed by atoms with Crippen LogP contribution in [0.2, 0.25) is 0 Å². The molecular weight excluding hydrogens is 571 g/mol. The normalized spacial score (nSPS) is 11.3. The number of halogens is 1. The Balaban J connectivity index is 1.31. The third-order valence-corrected chi connectivity index (χ3v) is 7.38. The topological polar surface area (TPSA) is 119 Å². The van der Waals surface area contributed by atoms with Gasteiger partial charge in [0.1, 0.15) is 23.1 Å². The minimum absolute atomic E-state index is 0.000275. The molecule has 0 unspecified atom stereocenters. The Labute approximate surface area is 251 Å². The van der Waals surface area contributed by atoms with Crippen molar-refractivity contribution in [2.75, 3.05) is 17.7 Å². The molecule has 0 saturated carbocycles. The van der Waals surface area contributed by atoms with E-state index in [1.165, 1.54) is 36.6 Å². The standard InChI is InChI=1S/C31H31FN6O4S/c1-18-6-9-21(10-7-18)38-27(16-26(37-38)31(2,3)4)35-28(39)33-17-19-14-20(32)8-13-24(19)42-22-11-12-23-25(15-22)43-29(34-23)36-30(40)41-5/h6-16H,17H2,1-5H3,(H2,33,35,39)(H,34,36,40). The molecule has 0 aliphatic heterocycles. The number of hydrogen-bond acceptors (Lipinski definition) is 7. The van der Waals surface area contributed by atoms with Crippen LogP contribution in [0.4, 0.5) is 24.9 Å². The maximum absolute atomic E-state index is 14.2. The van der Waals surface area contributed by atoms with Crippen molar-refractivity contribution in [2.45, 2.75) is 39.7 Å². The van der Waals surface area contributed by atoms with E-state index in [1.807, 2.05) is 37.3 Å². The molecule has 2 aromatic heterocycles. The number of amides is 3. The fraction of sp³-hybridized carbons (Fsp3) is 0.226. The van der Waals surface area contributed by atoms with Gasteiger partial charge < -0.3 is 14.8 Å². The second kappa shape index (κ2) is 12.1. The van der Waals surface area contributed by atoms with Crippen LogP contribution in [0.5, 0.6) is 11.5 Å². The van der Waals surface area contributed by atoms with Crippen LogP contribution in [-0.4, -0.2) is 34.0 Å². The second-order valence-electron chi connectivity index (χ2n) is 10.8. The summed E-state index contributed by atoms with van der Waals surface area (Å²) in [5, 5.41) is 13.3. The van der Waals surface area contributed by atoms with Gasteiger partial charge in [0.15, 0.2) is 5.13 Å². The maximum Gasteiger partial charge on any atom is 0.413 e. The number of ether oxygens (including phenoxy) is 2. The molecule has 12 heteroatoms. The SMILES string of the molecule is COC(=O)Nc1nc2ccc(Oc3ccc(F)cc3CNC(=O)Nc3cc(C(C)(C)C)nn3-c3ccc(C)cc3)cc2s1. The van der Waals surface area contributed by atoms with Crippen molar-refractivity contribution < 1.29 is 23.5 Å². The van der Waals surface area contributed by atoms with E-state index in [9.17, 15) is 14.0 Å². The van der Waals surface area contributed by atoms with Crippen molar-refractivity contribution in [2.24, 2.45) is 0 Å². The quantitative estimate of drug-likeness (QED) is 0.177. The second-order valence-corrected chi connectivity index (χ2v) is 11.9. The number of nitrogens with one attached hydrogen (secondary N) is 3. The van der Waals surface area contributed by atoms with Gasteiger partial charge in [-0.05, 0) is 49.4 Å². The van der Waals surface area contributed by atoms with Gasteiger partial charge in [0, 0.05) is 29.7 Å². The van der Waals surface area contributed by atoms with E-state index in [-0.39, 0.29) is 12.0 Å². The van der Waals surface area contributed by atoms with Crippen LogP contribution in [-0.2, 0) is 16.7 Å². The molecule has 3 amide bonds. The minimum Gasteiger partial charge on any atom is -0.457 e. The monoisotopic (exact) mass is 602 g/mol. The highest BCUT2D eigenvalue weighted by Crippen LogP contribution is 2.33. The van der Waals surface area contributed by atoms with Gasteiger partial charge in [-0.3, -0.25) is 10.6 Å². The molecule has 0 atom stereocenters. The Hall–Kier alpha value is -4.97. The predicted octanol–water partition coefficient (Wildman–Crippen LogP) is 7.52. The Kier molecular flexibility index (Phi) is 8.31. The lowest BCUT2D eigenvalue weighted by Gasteiger charge is -2.14. The van der Waals surface area contributed by atoms with Crippen LogP contribution in [0.3, 0.4) is 0 Å². The number of benzene rings is 3. The largest absolute Gasteiger partial charge is 0.457 e. The lowest BCUT2D eigenvalue weighted by atomic mass is 9.92. The van der Waals surface area contributed by atoms with Crippen molar-refractivity contribution in [3.05, 3.63) is 89.4 Å². The van der Waals surface area contributed by atoms with Crippen LogP contribution in [0.15, 0.2) is 66.7 Å². The molecule has 0 bridgehead atoms. The average Bonchev–Trinajstić information content (AvgIpc) is 3.57. The van der Waals surface area contributed by atoms with E-state index >= 15 is 0 Å². The van der Waals surface area contributed by atoms with E-state index in [1.54, 1.807) is 22.9 Å². The molecule has 0 radical (unpaired) electrons. The fourth-order valence-electron chi connectivity index (χ4n) is 4.13. The highest BCUT2D eigenvalue weighted by Gasteiger charge is 2.22. The van der Waals surface area contributed by atoms with Crippen molar-refractivity contribution in [3.63, 3.8) is 0 Å². The number of anilines is 2. The number of aryl methyl sites for hydroxylation is 1. The Morgan fingerprint density at radius 3 is 2.49 bits per heavy atom. The van der Waals surface area contributed by atoms with E-state index in [0.717, 1.165) is 21.6 Å². The van der Waals surface area contributed by atoms with Crippen LogP contribution < -0.4 is 20.7 Å². The zero-order valence-corrected chi connectivity index (χ0v) is 25.1. The molecule has 222 valence electrons. The summed E-state index contributed by atoms with van der Waals surface area (Å²) in [6.45, 7) is 8.15. The first-order chi connectivity index (χ1) is 20.5. The van der Waals surface area contributed by atoms with Crippen molar-refractivity contribution in [1.82, 2.24) is 20.1 Å². The maximum atomic E-state index is 14.2. The molecule has 3 aromatic carbocycles. The first-order valence-corrected chi connectivity index (χ1v) is 14.2. The molecular formula is C31H31FN6O4S. The highest BCUT2D eigenvalue weighted by molar-refractivity contribution is 7.22. The predicted molar refractivity (Wildman–Crippen MR) is 165 cm³/mol. The highest BCUT2D eigenvalue weighted by atomic mass is 32.1. The molecule has 0 fully saturated rings. The van der Waals surface area contributed by atoms with Crippen LogP contribution in [0.1, 0.15) is 37.6 Å². The minimum atomic E-state index is -0.614. The van der Waals surface area contributed by atoms with Gasteiger partial charge in [-0.2, -0.15) is 5.10 Å². The van der Waals surface area contributed by atoms with Crippen molar-refractivity contribution in [3.8, 4) is 17.2 Å². The van der Waals surface area contributed by atoms with E-state index in [0.29, 0.717) is 33.5 Å². The molecule has 10 nitrogen and oxygen atoms in total. The lowest BCUT2D eigenvalue weighted by molar-refractivity contribution is 0.187. The van der Waals surface area contributed by atoms with Crippen LogP contribution in [0.25, 0.3) is 15.9 Å². The van der Waals surface area contributed by atoms with Gasteiger partial charge in [0.25, 0.3) is 0 Å². The summed E-state index contributed by atoms with van der Waals surface area (Å²) in [6, 6.07) is 18.5. The number of carbonyl (C=O) groups excluding carboxylic acids is 2. The third-order valence-electron chi connectivity index (χ3n) is 6.44. The zero-order chi connectivity index (χ0) is 30.7. The van der Waals surface area contributed by atoms with Crippen LogP contribution in [0, 0.1) is 12.7 Å². The summed E-state index contributed by atoms with van der Waals surface area (Å²) < 4.78 is 27.4. The van der Waals surface area contributed by atoms with E-state index in [4.69, 9.17) is 9.84 Å². The van der Waals surface area contributed by atoms with Crippen LogP contribution >= 0.6 is 11.3 Å². The van der Waals surface area contributed by atoms with Crippen molar-refractivity contribution >= 4 is 44.6 Å². The van der Waals surface area contributed by atoms with Gasteiger partial charge in [0.2, 0.25) is 0 Å². The Morgan fingerprint density at radius 2 is 1.77 bits per heavy atom. The summed E-state index contributed by atoms with van der Waals surface area (Å²) in [7, 11) is 1.27. The number of nitrogens with zero attached hydrogens (tertiary/aromatic N) is 3. The first-order valence-electron chi connectivity index (χ1n) is 13.4. The molecule has 3 N–H and O–H groups in total. The molecule has 0 spiro atoms. The summed E-state index contributed by atoms with van der Waals surface area (Å²) >= 11 is 1.26. The van der Waals surface area contributed by atoms with Gasteiger partial charge in [-0.25, -0.2) is 23.6 Å². The van der Waals surface area contributed by atoms with Gasteiger partial charge in [-0.1, -0.05) is 49.8 Å². The summed E-state index contributed by atoms with van der Waals surface area (Å²) in [4.78, 5) is 28.9. The average molecular weight is 603 g/mol. The molecule has 0 aliphatic rings. The smallest absolute Gasteiger partial charge is 0.413 e. The number of aromatic nitrogens is 3. The van der Waals surface area contributed by atoms with Gasteiger partial charge in [0.05, 0.1) is 28.7 Å². The number of hydrogen-bond donors (Lipinski definition) is 3. The van der Waals surface area contributed by atoms with Crippen molar-refractivity contribution in [1.29, 1.82) is 0 Å². The molecule has 2 heterocycles. The molecule has 43 heavy (non-hydrogen) atoms. The number of rotatable bonds is 7. The number of thiazole rings is 1. The Morgan fingerprint density at radius 1 is 1.00 bits per heavy atom. The Bertz CT molecular complexity index is 1790. The molecule has 0 saturated heterocycles.